The Morgan fingerprint density at radius 1 is 1.09 bits per heavy atom. The predicted molar refractivity (Wildman–Crippen MR) is 127 cm³/mol. The molecule has 1 saturated carbocycles. The summed E-state index contributed by atoms with van der Waals surface area (Å²) in [7, 11) is 2.26. The molecule has 2 saturated heterocycles. The number of piperidine rings is 1. The molecule has 5 heteroatoms. The average molecular weight is 450 g/mol. The first-order chi connectivity index (χ1) is 16.0. The maximum Gasteiger partial charge on any atom is 0.165 e. The summed E-state index contributed by atoms with van der Waals surface area (Å²) in [6.07, 6.45) is 2.42. The van der Waals surface area contributed by atoms with Gasteiger partial charge in [-0.15, -0.1) is 0 Å². The molecule has 6 unspecified atom stereocenters. The van der Waals surface area contributed by atoms with Crippen LogP contribution in [-0.4, -0.2) is 49.6 Å². The second-order valence-electron chi connectivity index (χ2n) is 10.5. The van der Waals surface area contributed by atoms with Crippen molar-refractivity contribution < 1.29 is 18.9 Å². The maximum atomic E-state index is 6.95. The molecular formula is C28H35NO4. The average Bonchev–Trinajstić information content (AvgIpc) is 3.18. The van der Waals surface area contributed by atoms with Crippen LogP contribution in [0.4, 0.5) is 0 Å². The fourth-order valence-electron chi connectivity index (χ4n) is 7.17. The minimum absolute atomic E-state index is 0.000995. The highest BCUT2D eigenvalue weighted by Crippen LogP contribution is 2.63. The van der Waals surface area contributed by atoms with Gasteiger partial charge < -0.3 is 23.8 Å². The van der Waals surface area contributed by atoms with Gasteiger partial charge in [0.2, 0.25) is 0 Å². The summed E-state index contributed by atoms with van der Waals surface area (Å²) in [5, 5.41) is 0. The van der Waals surface area contributed by atoms with E-state index in [-0.39, 0.29) is 23.7 Å². The van der Waals surface area contributed by atoms with Crippen molar-refractivity contribution in [3.05, 3.63) is 59.2 Å². The smallest absolute Gasteiger partial charge is 0.165 e. The van der Waals surface area contributed by atoms with Gasteiger partial charge in [0.25, 0.3) is 0 Å². The molecule has 3 heterocycles. The zero-order valence-corrected chi connectivity index (χ0v) is 20.1. The molecule has 2 aromatic carbocycles. The maximum absolute atomic E-state index is 6.95. The van der Waals surface area contributed by atoms with Crippen LogP contribution in [0.2, 0.25) is 0 Å². The van der Waals surface area contributed by atoms with Crippen LogP contribution in [0, 0.1) is 18.8 Å². The fourth-order valence-corrected chi connectivity index (χ4v) is 7.17. The van der Waals surface area contributed by atoms with E-state index in [1.54, 1.807) is 0 Å². The second-order valence-corrected chi connectivity index (χ2v) is 10.5. The van der Waals surface area contributed by atoms with E-state index < -0.39 is 0 Å². The van der Waals surface area contributed by atoms with Crippen LogP contribution in [-0.2, 0) is 21.5 Å². The zero-order chi connectivity index (χ0) is 22.7. The van der Waals surface area contributed by atoms with Gasteiger partial charge in [-0.3, -0.25) is 0 Å². The van der Waals surface area contributed by atoms with Crippen LogP contribution in [0.15, 0.2) is 42.5 Å². The number of ether oxygens (including phenoxy) is 4. The van der Waals surface area contributed by atoms with Crippen molar-refractivity contribution in [1.82, 2.24) is 4.90 Å². The van der Waals surface area contributed by atoms with Crippen molar-refractivity contribution in [2.24, 2.45) is 11.8 Å². The Labute approximate surface area is 197 Å². The Kier molecular flexibility index (Phi) is 5.20. The normalized spacial score (nSPS) is 37.3. The lowest BCUT2D eigenvalue weighted by Gasteiger charge is -2.59. The van der Waals surface area contributed by atoms with Crippen LogP contribution < -0.4 is 9.47 Å². The van der Waals surface area contributed by atoms with Crippen LogP contribution in [0.25, 0.3) is 0 Å². The molecule has 33 heavy (non-hydrogen) atoms. The largest absolute Gasteiger partial charge is 0.485 e. The van der Waals surface area contributed by atoms with E-state index in [1.807, 2.05) is 6.07 Å². The minimum Gasteiger partial charge on any atom is -0.485 e. The first kappa shape index (κ1) is 21.5. The van der Waals surface area contributed by atoms with Crippen LogP contribution in [0.3, 0.4) is 0 Å². The van der Waals surface area contributed by atoms with Gasteiger partial charge in [0.1, 0.15) is 25.6 Å². The third-order valence-corrected chi connectivity index (χ3v) is 9.04. The third kappa shape index (κ3) is 3.16. The highest BCUT2D eigenvalue weighted by atomic mass is 16.7. The lowest BCUT2D eigenvalue weighted by molar-refractivity contribution is -0.256. The van der Waals surface area contributed by atoms with E-state index in [0.29, 0.717) is 31.3 Å². The number of hydrogen-bond donors (Lipinski definition) is 0. The predicted octanol–water partition coefficient (Wildman–Crippen LogP) is 4.69. The number of rotatable bonds is 3. The topological polar surface area (TPSA) is 40.2 Å². The van der Waals surface area contributed by atoms with Crippen molar-refractivity contribution in [3.63, 3.8) is 0 Å². The molecule has 3 aliphatic heterocycles. The summed E-state index contributed by atoms with van der Waals surface area (Å²) in [5.41, 5.74) is 3.78. The Bertz CT molecular complexity index is 1030. The quantitative estimate of drug-likeness (QED) is 0.680. The summed E-state index contributed by atoms with van der Waals surface area (Å²) in [6.45, 7) is 8.78. The first-order valence-electron chi connectivity index (χ1n) is 12.4. The van der Waals surface area contributed by atoms with Gasteiger partial charge in [0.05, 0.1) is 6.10 Å². The minimum atomic E-state index is -0.0459. The molecule has 1 aliphatic carbocycles. The molecule has 3 fully saturated rings. The van der Waals surface area contributed by atoms with E-state index in [1.165, 1.54) is 11.1 Å². The summed E-state index contributed by atoms with van der Waals surface area (Å²) < 4.78 is 25.6. The van der Waals surface area contributed by atoms with Crippen molar-refractivity contribution in [1.29, 1.82) is 0 Å². The lowest BCUT2D eigenvalue weighted by Crippen LogP contribution is -2.68. The highest BCUT2D eigenvalue weighted by Gasteiger charge is 2.66. The summed E-state index contributed by atoms with van der Waals surface area (Å²) >= 11 is 0. The molecule has 4 aliphatic rings. The van der Waals surface area contributed by atoms with E-state index in [4.69, 9.17) is 18.9 Å². The number of fused-ring (bicyclic) bond motifs is 3. The summed E-state index contributed by atoms with van der Waals surface area (Å²) in [6, 6.07) is 15.1. The standard InChI is InChI=1S/C28H35NO4/c1-17-10-11-23(30-15-20-8-6-5-7-9-20)26-24(17)28-12-13-29(4)18(2)22(28)14-21-19(3)31-16-32-25(21)27(28)33-26/h5-11,18-19,21-22,25,27H,12-16H2,1-4H3/t18?,19?,21?,22?,25?,27-,28?/m0/s1. The Hall–Kier alpha value is -2.08. The highest BCUT2D eigenvalue weighted by molar-refractivity contribution is 5.59. The number of benzene rings is 2. The first-order valence-corrected chi connectivity index (χ1v) is 12.4. The molecule has 0 radical (unpaired) electrons. The summed E-state index contributed by atoms with van der Waals surface area (Å²) in [4.78, 5) is 2.52. The monoisotopic (exact) mass is 449 g/mol. The van der Waals surface area contributed by atoms with E-state index >= 15 is 0 Å². The molecule has 176 valence electrons. The van der Waals surface area contributed by atoms with E-state index in [9.17, 15) is 0 Å². The molecule has 1 spiro atoms. The number of aryl methyl sites for hydroxylation is 1. The molecular weight excluding hydrogens is 414 g/mol. The second kappa shape index (κ2) is 8.00. The van der Waals surface area contributed by atoms with Gasteiger partial charge in [-0.05, 0) is 70.3 Å². The van der Waals surface area contributed by atoms with Crippen molar-refractivity contribution in [3.8, 4) is 11.5 Å². The van der Waals surface area contributed by atoms with Crippen LogP contribution >= 0.6 is 0 Å². The SMILES string of the molecule is Cc1ccc(OCc2ccccc2)c2c1C13CCN(C)C(C)C1CC1C(C)OCOC1[C@@H]3O2. The Balaban J connectivity index is 1.44. The van der Waals surface area contributed by atoms with Crippen molar-refractivity contribution >= 4 is 0 Å². The lowest BCUT2D eigenvalue weighted by atomic mass is 9.52. The van der Waals surface area contributed by atoms with Crippen molar-refractivity contribution in [2.75, 3.05) is 20.4 Å². The van der Waals surface area contributed by atoms with E-state index in [2.05, 4.69) is 69.1 Å². The van der Waals surface area contributed by atoms with Gasteiger partial charge in [0.15, 0.2) is 11.5 Å². The molecule has 6 rings (SSSR count). The van der Waals surface area contributed by atoms with Gasteiger partial charge in [-0.1, -0.05) is 36.4 Å². The molecule has 2 aromatic rings. The number of nitrogens with zero attached hydrogens (tertiary/aromatic N) is 1. The molecule has 0 N–H and O–H groups in total. The molecule has 0 bridgehead atoms. The number of hydrogen-bond acceptors (Lipinski definition) is 5. The number of likely N-dealkylation sites (tertiary alicyclic amines) is 1. The van der Waals surface area contributed by atoms with Gasteiger partial charge in [-0.25, -0.2) is 0 Å². The third-order valence-electron chi connectivity index (χ3n) is 9.04. The Morgan fingerprint density at radius 2 is 1.91 bits per heavy atom. The Morgan fingerprint density at radius 3 is 2.73 bits per heavy atom. The molecule has 0 aromatic heterocycles. The molecule has 5 nitrogen and oxygen atoms in total. The summed E-state index contributed by atoms with van der Waals surface area (Å²) in [5.74, 6) is 2.63. The van der Waals surface area contributed by atoms with Crippen LogP contribution in [0.5, 0.6) is 11.5 Å². The van der Waals surface area contributed by atoms with E-state index in [0.717, 1.165) is 36.4 Å². The van der Waals surface area contributed by atoms with Crippen molar-refractivity contribution in [2.45, 2.75) is 70.0 Å². The van der Waals surface area contributed by atoms with Gasteiger partial charge >= 0.3 is 0 Å². The molecule has 7 atom stereocenters. The van der Waals surface area contributed by atoms with Gasteiger partial charge in [0, 0.05) is 22.9 Å². The van der Waals surface area contributed by atoms with Gasteiger partial charge in [-0.2, -0.15) is 0 Å². The fraction of sp³-hybridized carbons (Fsp3) is 0.571. The zero-order valence-electron chi connectivity index (χ0n) is 20.1. The van der Waals surface area contributed by atoms with Crippen LogP contribution in [0.1, 0.15) is 43.4 Å². The molecule has 0 amide bonds.